The highest BCUT2D eigenvalue weighted by molar-refractivity contribution is 6.35. The molecule has 0 radical (unpaired) electrons. The average molecular weight is 236 g/mol. The first-order valence-corrected chi connectivity index (χ1v) is 5.00. The van der Waals surface area contributed by atoms with Gasteiger partial charge in [0.1, 0.15) is 0 Å². The maximum atomic E-state index is 5.96. The number of hydrogen-bond donors (Lipinski definition) is 0. The summed E-state index contributed by atoms with van der Waals surface area (Å²) in [6.07, 6.45) is 1.54. The van der Waals surface area contributed by atoms with Crippen LogP contribution in [0, 0.1) is 0 Å². The van der Waals surface area contributed by atoms with Crippen LogP contribution >= 0.6 is 34.8 Å². The Morgan fingerprint density at radius 3 is 2.54 bits per heavy atom. The van der Waals surface area contributed by atoms with Gasteiger partial charge in [-0.3, -0.25) is 0 Å². The van der Waals surface area contributed by atoms with Gasteiger partial charge in [0.2, 0.25) is 0 Å². The average Bonchev–Trinajstić information content (AvgIpc) is 2.02. The summed E-state index contributed by atoms with van der Waals surface area (Å²) in [6, 6.07) is 5.46. The van der Waals surface area contributed by atoms with Crippen LogP contribution in [-0.4, -0.2) is 0 Å². The third kappa shape index (κ3) is 3.60. The summed E-state index contributed by atoms with van der Waals surface area (Å²) in [7, 11) is 0. The van der Waals surface area contributed by atoms with Crippen LogP contribution in [0.5, 0.6) is 0 Å². The smallest absolute Gasteiger partial charge is 0.0452 e. The fourth-order valence-electron chi connectivity index (χ4n) is 0.995. The Kier molecular flexibility index (Phi) is 4.11. The van der Waals surface area contributed by atoms with Crippen molar-refractivity contribution in [2.75, 3.05) is 0 Å². The van der Waals surface area contributed by atoms with Gasteiger partial charge in [-0.15, -0.1) is 0 Å². The molecule has 0 fully saturated rings. The highest BCUT2D eigenvalue weighted by atomic mass is 35.5. The summed E-state index contributed by atoms with van der Waals surface area (Å²) in [6.45, 7) is 3.61. The Balaban J connectivity index is 2.72. The van der Waals surface area contributed by atoms with Gasteiger partial charge in [0.25, 0.3) is 0 Å². The van der Waals surface area contributed by atoms with E-state index in [1.165, 1.54) is 0 Å². The number of aryl methyl sites for hydroxylation is 1. The van der Waals surface area contributed by atoms with E-state index in [1.807, 2.05) is 12.1 Å². The van der Waals surface area contributed by atoms with Crippen molar-refractivity contribution in [1.29, 1.82) is 0 Å². The van der Waals surface area contributed by atoms with E-state index in [1.54, 1.807) is 6.07 Å². The van der Waals surface area contributed by atoms with E-state index in [4.69, 9.17) is 34.8 Å². The molecule has 13 heavy (non-hydrogen) atoms. The molecule has 0 aliphatic rings. The summed E-state index contributed by atoms with van der Waals surface area (Å²) in [5, 5.41) is 1.98. The normalized spacial score (nSPS) is 10.1. The van der Waals surface area contributed by atoms with E-state index in [0.29, 0.717) is 15.1 Å². The molecule has 0 spiro atoms. The van der Waals surface area contributed by atoms with Crippen LogP contribution in [0.3, 0.4) is 0 Å². The maximum absolute atomic E-state index is 5.96. The van der Waals surface area contributed by atoms with E-state index in [0.717, 1.165) is 18.4 Å². The standard InChI is InChI=1S/C10H9Cl3/c1-7(11)2-3-8-4-5-9(12)6-10(8)13/h4-6H,1-3H2. The summed E-state index contributed by atoms with van der Waals surface area (Å²) in [5.41, 5.74) is 1.05. The lowest BCUT2D eigenvalue weighted by Gasteiger charge is -2.03. The molecule has 0 nitrogen and oxygen atoms in total. The number of halogens is 3. The Morgan fingerprint density at radius 1 is 1.31 bits per heavy atom. The number of rotatable bonds is 3. The minimum absolute atomic E-state index is 0.644. The van der Waals surface area contributed by atoms with Gasteiger partial charge in [0.15, 0.2) is 0 Å². The van der Waals surface area contributed by atoms with Crippen LogP contribution in [0.2, 0.25) is 10.0 Å². The lowest BCUT2D eigenvalue weighted by atomic mass is 10.1. The van der Waals surface area contributed by atoms with E-state index in [9.17, 15) is 0 Å². The Bertz CT molecular complexity index is 318. The van der Waals surface area contributed by atoms with Gasteiger partial charge in [0.05, 0.1) is 0 Å². The number of allylic oxidation sites excluding steroid dienone is 1. The van der Waals surface area contributed by atoms with Crippen molar-refractivity contribution in [2.24, 2.45) is 0 Å². The van der Waals surface area contributed by atoms with Crippen molar-refractivity contribution in [3.05, 3.63) is 45.4 Å². The second-order valence-electron chi connectivity index (χ2n) is 2.75. The molecule has 0 atom stereocenters. The quantitative estimate of drug-likeness (QED) is 0.714. The number of benzene rings is 1. The molecule has 0 saturated heterocycles. The molecule has 0 bridgehead atoms. The van der Waals surface area contributed by atoms with Crippen molar-refractivity contribution in [2.45, 2.75) is 12.8 Å². The van der Waals surface area contributed by atoms with Gasteiger partial charge in [0, 0.05) is 15.1 Å². The fourth-order valence-corrected chi connectivity index (χ4v) is 1.59. The van der Waals surface area contributed by atoms with Gasteiger partial charge >= 0.3 is 0 Å². The van der Waals surface area contributed by atoms with Crippen LogP contribution in [0.25, 0.3) is 0 Å². The minimum Gasteiger partial charge on any atom is -0.0898 e. The predicted octanol–water partition coefficient (Wildman–Crippen LogP) is 4.68. The summed E-state index contributed by atoms with van der Waals surface area (Å²) >= 11 is 17.4. The van der Waals surface area contributed by atoms with Gasteiger partial charge in [-0.1, -0.05) is 47.4 Å². The molecule has 3 heteroatoms. The fraction of sp³-hybridized carbons (Fsp3) is 0.200. The van der Waals surface area contributed by atoms with Crippen LogP contribution < -0.4 is 0 Å². The molecule has 0 amide bonds. The third-order valence-corrected chi connectivity index (χ3v) is 2.46. The lowest BCUT2D eigenvalue weighted by molar-refractivity contribution is 0.990. The highest BCUT2D eigenvalue weighted by Crippen LogP contribution is 2.23. The molecule has 1 rings (SSSR count). The maximum Gasteiger partial charge on any atom is 0.0452 e. The largest absolute Gasteiger partial charge is 0.0898 e. The van der Waals surface area contributed by atoms with Crippen molar-refractivity contribution in [1.82, 2.24) is 0 Å². The first kappa shape index (κ1) is 10.9. The number of hydrogen-bond acceptors (Lipinski definition) is 0. The second-order valence-corrected chi connectivity index (χ2v) is 4.13. The molecular weight excluding hydrogens is 226 g/mol. The topological polar surface area (TPSA) is 0 Å². The Morgan fingerprint density at radius 2 is 2.00 bits per heavy atom. The molecule has 70 valence electrons. The van der Waals surface area contributed by atoms with E-state index in [2.05, 4.69) is 6.58 Å². The SMILES string of the molecule is C=C(Cl)CCc1ccc(Cl)cc1Cl. The van der Waals surface area contributed by atoms with Crippen molar-refractivity contribution in [3.63, 3.8) is 0 Å². The Hall–Kier alpha value is -0.170. The third-order valence-electron chi connectivity index (χ3n) is 1.68. The van der Waals surface area contributed by atoms with E-state index in [-0.39, 0.29) is 0 Å². The van der Waals surface area contributed by atoms with Crippen LogP contribution in [0.4, 0.5) is 0 Å². The molecular formula is C10H9Cl3. The molecule has 1 aromatic carbocycles. The van der Waals surface area contributed by atoms with Gasteiger partial charge in [-0.25, -0.2) is 0 Å². The van der Waals surface area contributed by atoms with Crippen molar-refractivity contribution < 1.29 is 0 Å². The zero-order chi connectivity index (χ0) is 9.84. The lowest BCUT2D eigenvalue weighted by Crippen LogP contribution is -1.86. The van der Waals surface area contributed by atoms with Crippen LogP contribution in [0.15, 0.2) is 29.8 Å². The van der Waals surface area contributed by atoms with Crippen LogP contribution in [0.1, 0.15) is 12.0 Å². The molecule has 0 heterocycles. The van der Waals surface area contributed by atoms with Gasteiger partial charge in [-0.05, 0) is 30.5 Å². The molecule has 0 aromatic heterocycles. The zero-order valence-corrected chi connectivity index (χ0v) is 9.26. The first-order valence-electron chi connectivity index (χ1n) is 3.87. The molecule has 0 aliphatic heterocycles. The summed E-state index contributed by atoms with van der Waals surface area (Å²) in [4.78, 5) is 0. The van der Waals surface area contributed by atoms with Crippen molar-refractivity contribution >= 4 is 34.8 Å². The Labute approximate surface area is 93.1 Å². The van der Waals surface area contributed by atoms with E-state index >= 15 is 0 Å². The van der Waals surface area contributed by atoms with Crippen molar-refractivity contribution in [3.8, 4) is 0 Å². The molecule has 0 unspecified atom stereocenters. The first-order chi connectivity index (χ1) is 6.09. The molecule has 1 aromatic rings. The van der Waals surface area contributed by atoms with E-state index < -0.39 is 0 Å². The summed E-state index contributed by atoms with van der Waals surface area (Å²) in [5.74, 6) is 0. The highest BCUT2D eigenvalue weighted by Gasteiger charge is 2.01. The van der Waals surface area contributed by atoms with Gasteiger partial charge in [-0.2, -0.15) is 0 Å². The summed E-state index contributed by atoms with van der Waals surface area (Å²) < 4.78 is 0. The molecule has 0 N–H and O–H groups in total. The monoisotopic (exact) mass is 234 g/mol. The second kappa shape index (κ2) is 4.90. The molecule has 0 saturated carbocycles. The van der Waals surface area contributed by atoms with Gasteiger partial charge < -0.3 is 0 Å². The predicted molar refractivity (Wildman–Crippen MR) is 59.8 cm³/mol. The zero-order valence-electron chi connectivity index (χ0n) is 6.99. The van der Waals surface area contributed by atoms with Crippen LogP contribution in [-0.2, 0) is 6.42 Å². The minimum atomic E-state index is 0.644. The molecule has 0 aliphatic carbocycles.